The van der Waals surface area contributed by atoms with Gasteiger partial charge in [-0.05, 0) is 70.6 Å². The number of rotatable bonds is 30. The van der Waals surface area contributed by atoms with Gasteiger partial charge in [-0.15, -0.1) is 0 Å². The minimum atomic E-state index is 1.12. The van der Waals surface area contributed by atoms with Crippen molar-refractivity contribution in [3.8, 4) is 0 Å². The Hall–Kier alpha value is -1.04. The van der Waals surface area contributed by atoms with Crippen LogP contribution in [0.5, 0.6) is 0 Å². The molecule has 1 radical (unpaired) electrons. The molecule has 0 aliphatic carbocycles. The van der Waals surface area contributed by atoms with Crippen LogP contribution in [0.15, 0.2) is 48.6 Å². The van der Waals surface area contributed by atoms with Crippen molar-refractivity contribution >= 4 is 0 Å². The second-order valence-corrected chi connectivity index (χ2v) is 11.0. The first-order valence-electron chi connectivity index (χ1n) is 16.8. The van der Waals surface area contributed by atoms with Crippen LogP contribution < -0.4 is 0 Å². The molecule has 0 aromatic rings. The van der Waals surface area contributed by atoms with E-state index < -0.39 is 0 Å². The maximum absolute atomic E-state index is 2.56. The monoisotopic (exact) mass is 512 g/mol. The van der Waals surface area contributed by atoms with E-state index in [0.29, 0.717) is 0 Å². The lowest BCUT2D eigenvalue weighted by atomic mass is 10.0. The minimum Gasteiger partial charge on any atom is -0.0882 e. The van der Waals surface area contributed by atoms with Crippen LogP contribution in [0.25, 0.3) is 0 Å². The molecule has 0 aliphatic heterocycles. The van der Waals surface area contributed by atoms with Crippen molar-refractivity contribution in [1.29, 1.82) is 0 Å². The van der Waals surface area contributed by atoms with Crippen LogP contribution in [0.3, 0.4) is 0 Å². The molecule has 0 aromatic carbocycles. The average molecular weight is 512 g/mol. The number of hydrogen-bond acceptors (Lipinski definition) is 0. The first kappa shape index (κ1) is 36.0. The maximum Gasteiger partial charge on any atom is -0.0169 e. The summed E-state index contributed by atoms with van der Waals surface area (Å²) in [5.41, 5.74) is 0. The summed E-state index contributed by atoms with van der Waals surface area (Å²) in [4.78, 5) is 0. The topological polar surface area (TPSA) is 0 Å². The molecule has 0 aliphatic rings. The van der Waals surface area contributed by atoms with Gasteiger partial charge in [-0.25, -0.2) is 0 Å². The quantitative estimate of drug-likeness (QED) is 0.0664. The lowest BCUT2D eigenvalue weighted by Gasteiger charge is -2.03. The van der Waals surface area contributed by atoms with Crippen molar-refractivity contribution in [2.24, 2.45) is 0 Å². The highest BCUT2D eigenvalue weighted by Crippen LogP contribution is 2.14. The smallest absolute Gasteiger partial charge is 0.0169 e. The van der Waals surface area contributed by atoms with E-state index in [1.165, 1.54) is 154 Å². The van der Waals surface area contributed by atoms with Gasteiger partial charge in [0.2, 0.25) is 0 Å². The van der Waals surface area contributed by atoms with Crippen LogP contribution in [0.2, 0.25) is 0 Å². The van der Waals surface area contributed by atoms with Crippen molar-refractivity contribution in [2.75, 3.05) is 0 Å². The van der Waals surface area contributed by atoms with Gasteiger partial charge >= 0.3 is 0 Å². The molecule has 37 heavy (non-hydrogen) atoms. The molecule has 0 atom stereocenters. The van der Waals surface area contributed by atoms with Gasteiger partial charge in [0.25, 0.3) is 0 Å². The fraction of sp³-hybridized carbons (Fsp3) is 0.757. The van der Waals surface area contributed by atoms with Crippen molar-refractivity contribution in [3.63, 3.8) is 0 Å². The Morgan fingerprint density at radius 1 is 0.270 bits per heavy atom. The minimum absolute atomic E-state index is 1.12. The largest absolute Gasteiger partial charge is 0.0882 e. The van der Waals surface area contributed by atoms with Crippen LogP contribution in [0.1, 0.15) is 181 Å². The summed E-state index contributed by atoms with van der Waals surface area (Å²) in [6, 6.07) is 0. The zero-order valence-corrected chi connectivity index (χ0v) is 25.6. The van der Waals surface area contributed by atoms with Crippen LogP contribution in [0, 0.1) is 6.42 Å². The normalized spacial score (nSPS) is 12.4. The summed E-state index contributed by atoms with van der Waals surface area (Å²) in [5.74, 6) is 0. The van der Waals surface area contributed by atoms with E-state index in [9.17, 15) is 0 Å². The predicted molar refractivity (Wildman–Crippen MR) is 172 cm³/mol. The third-order valence-electron chi connectivity index (χ3n) is 7.22. The molecule has 0 spiro atoms. The second kappa shape index (κ2) is 35.0. The SMILES string of the molecule is CCCCCC=CCC=CCCCCCCCC[CH]CCCCCCCCC=CCC=CCCCCC. The summed E-state index contributed by atoms with van der Waals surface area (Å²) < 4.78 is 0. The maximum atomic E-state index is 2.56. The molecule has 0 saturated heterocycles. The first-order valence-corrected chi connectivity index (χ1v) is 16.8. The van der Waals surface area contributed by atoms with Gasteiger partial charge in [0.05, 0.1) is 0 Å². The van der Waals surface area contributed by atoms with Crippen molar-refractivity contribution in [3.05, 3.63) is 55.0 Å². The standard InChI is InChI=1S/C37H67/c1-3-5-7-9-11-13-15-17-19-21-23-25-27-29-31-33-35-37-36-34-32-30-28-26-24-22-20-18-16-14-12-10-8-6-4-2/h11-14,17-20,37H,3-10,15-16,21-36H2,1-2H3. The molecule has 0 aromatic heterocycles. The van der Waals surface area contributed by atoms with Crippen molar-refractivity contribution in [2.45, 2.75) is 181 Å². The Balaban J connectivity index is 3.16. The number of hydrogen-bond donors (Lipinski definition) is 0. The molecule has 0 amide bonds. The van der Waals surface area contributed by atoms with E-state index in [1.807, 2.05) is 0 Å². The summed E-state index contributed by atoms with van der Waals surface area (Å²) >= 11 is 0. The fourth-order valence-corrected chi connectivity index (χ4v) is 4.70. The van der Waals surface area contributed by atoms with Crippen molar-refractivity contribution < 1.29 is 0 Å². The van der Waals surface area contributed by atoms with Gasteiger partial charge in [-0.3, -0.25) is 0 Å². The van der Waals surface area contributed by atoms with E-state index >= 15 is 0 Å². The summed E-state index contributed by atoms with van der Waals surface area (Å²) in [6.07, 6.45) is 56.5. The molecule has 0 unspecified atom stereocenters. The van der Waals surface area contributed by atoms with Gasteiger partial charge in [0, 0.05) is 0 Å². The Bertz CT molecular complexity index is 460. The second-order valence-electron chi connectivity index (χ2n) is 11.0. The molecule has 0 bridgehead atoms. The van der Waals surface area contributed by atoms with E-state index in [0.717, 1.165) is 12.8 Å². The Kier molecular flexibility index (Phi) is 34.0. The highest BCUT2D eigenvalue weighted by atomic mass is 14.0. The van der Waals surface area contributed by atoms with Crippen LogP contribution in [-0.2, 0) is 0 Å². The summed E-state index contributed by atoms with van der Waals surface area (Å²) in [6.45, 7) is 4.54. The van der Waals surface area contributed by atoms with E-state index in [2.05, 4.69) is 68.9 Å². The lowest BCUT2D eigenvalue weighted by Crippen LogP contribution is -1.84. The third kappa shape index (κ3) is 35.0. The number of unbranched alkanes of at least 4 members (excludes halogenated alkanes) is 22. The molecular weight excluding hydrogens is 444 g/mol. The fourth-order valence-electron chi connectivity index (χ4n) is 4.70. The Labute approximate surface area is 235 Å². The van der Waals surface area contributed by atoms with Crippen LogP contribution in [0.4, 0.5) is 0 Å². The predicted octanol–water partition coefficient (Wildman–Crippen LogP) is 13.6. The van der Waals surface area contributed by atoms with Gasteiger partial charge in [-0.1, -0.05) is 165 Å². The number of allylic oxidation sites excluding steroid dienone is 8. The van der Waals surface area contributed by atoms with E-state index in [4.69, 9.17) is 0 Å². The highest BCUT2D eigenvalue weighted by molar-refractivity contribution is 4.93. The Morgan fingerprint density at radius 3 is 0.865 bits per heavy atom. The molecule has 215 valence electrons. The molecule has 0 rings (SSSR count). The zero-order valence-electron chi connectivity index (χ0n) is 25.6. The van der Waals surface area contributed by atoms with Gasteiger partial charge in [0.15, 0.2) is 0 Å². The van der Waals surface area contributed by atoms with Crippen molar-refractivity contribution in [1.82, 2.24) is 0 Å². The van der Waals surface area contributed by atoms with Gasteiger partial charge in [0.1, 0.15) is 0 Å². The third-order valence-corrected chi connectivity index (χ3v) is 7.22. The molecular formula is C37H67. The van der Waals surface area contributed by atoms with Crippen LogP contribution >= 0.6 is 0 Å². The molecule has 0 nitrogen and oxygen atoms in total. The summed E-state index contributed by atoms with van der Waals surface area (Å²) in [7, 11) is 0. The summed E-state index contributed by atoms with van der Waals surface area (Å²) in [5, 5.41) is 0. The first-order chi connectivity index (χ1) is 18.4. The van der Waals surface area contributed by atoms with Crippen LogP contribution in [-0.4, -0.2) is 0 Å². The highest BCUT2D eigenvalue weighted by Gasteiger charge is 1.95. The molecule has 0 heteroatoms. The zero-order chi connectivity index (χ0) is 26.7. The Morgan fingerprint density at radius 2 is 0.541 bits per heavy atom. The van der Waals surface area contributed by atoms with Gasteiger partial charge < -0.3 is 0 Å². The molecule has 0 fully saturated rings. The molecule has 0 N–H and O–H groups in total. The molecule has 0 heterocycles. The van der Waals surface area contributed by atoms with E-state index in [1.54, 1.807) is 0 Å². The molecule has 0 saturated carbocycles. The average Bonchev–Trinajstić information content (AvgIpc) is 2.91. The van der Waals surface area contributed by atoms with E-state index in [-0.39, 0.29) is 0 Å². The lowest BCUT2D eigenvalue weighted by molar-refractivity contribution is 0.573. The van der Waals surface area contributed by atoms with Gasteiger partial charge in [-0.2, -0.15) is 0 Å².